The average Bonchev–Trinajstić information content (AvgIpc) is 2.77. The minimum atomic E-state index is -3.68. The van der Waals surface area contributed by atoms with Crippen LogP contribution in [0.3, 0.4) is 0 Å². The Morgan fingerprint density at radius 3 is 2.15 bits per heavy atom. The third kappa shape index (κ3) is 5.85. The summed E-state index contributed by atoms with van der Waals surface area (Å²) >= 11 is 0. The monoisotopic (exact) mass is 486 g/mol. The van der Waals surface area contributed by atoms with Gasteiger partial charge < -0.3 is 29.7 Å². The second kappa shape index (κ2) is 10.3. The molecule has 0 radical (unpaired) electrons. The maximum atomic E-state index is 12.8. The summed E-state index contributed by atoms with van der Waals surface area (Å²) in [5.41, 5.74) is -0.785. The molecule has 12 nitrogen and oxygen atoms in total. The number of carbonyl (C=O) groups is 3. The first-order chi connectivity index (χ1) is 15.4. The summed E-state index contributed by atoms with van der Waals surface area (Å²) in [5, 5.41) is 5.15. The Hall–Kier alpha value is -3.06. The number of hydrogen-bond acceptors (Lipinski definition) is 8. The number of ether oxygens (including phenoxy) is 3. The number of nitrogens with zero attached hydrogens (tertiary/aromatic N) is 2. The first kappa shape index (κ1) is 26.2. The number of rotatable bonds is 9. The quantitative estimate of drug-likeness (QED) is 0.449. The van der Waals surface area contributed by atoms with E-state index >= 15 is 0 Å². The topological polar surface area (TPSA) is 144 Å². The molecule has 1 aliphatic rings. The van der Waals surface area contributed by atoms with Crippen molar-refractivity contribution in [1.29, 1.82) is 0 Å². The normalized spacial score (nSPS) is 19.1. The number of hydrogen-bond donors (Lipinski definition) is 2. The number of piperazine rings is 1. The van der Waals surface area contributed by atoms with Crippen LogP contribution in [-0.4, -0.2) is 95.2 Å². The Morgan fingerprint density at radius 2 is 1.67 bits per heavy atom. The van der Waals surface area contributed by atoms with Crippen LogP contribution in [0.1, 0.15) is 12.5 Å². The van der Waals surface area contributed by atoms with E-state index in [9.17, 15) is 22.8 Å². The largest absolute Gasteiger partial charge is 0.493 e. The number of sulfonamides is 1. The van der Waals surface area contributed by atoms with Crippen LogP contribution >= 0.6 is 0 Å². The van der Waals surface area contributed by atoms with Crippen LogP contribution in [0.25, 0.3) is 0 Å². The summed E-state index contributed by atoms with van der Waals surface area (Å²) in [5.74, 6) is -0.355. The van der Waals surface area contributed by atoms with Crippen molar-refractivity contribution in [1.82, 2.24) is 19.8 Å². The van der Waals surface area contributed by atoms with Crippen LogP contribution < -0.4 is 24.8 Å². The van der Waals surface area contributed by atoms with Crippen molar-refractivity contribution in [2.24, 2.45) is 0 Å². The van der Waals surface area contributed by atoms with Crippen molar-refractivity contribution < 1.29 is 37.0 Å². The molecule has 1 atom stereocenters. The van der Waals surface area contributed by atoms with Crippen molar-refractivity contribution in [2.45, 2.75) is 19.0 Å². The van der Waals surface area contributed by atoms with Crippen LogP contribution in [0.4, 0.5) is 0 Å². The van der Waals surface area contributed by atoms with E-state index in [-0.39, 0.29) is 26.2 Å². The molecule has 1 aromatic carbocycles. The van der Waals surface area contributed by atoms with E-state index in [2.05, 4.69) is 10.6 Å². The first-order valence-electron chi connectivity index (χ1n) is 9.93. The van der Waals surface area contributed by atoms with Gasteiger partial charge >= 0.3 is 0 Å². The number of methoxy groups -OCH3 is 3. The van der Waals surface area contributed by atoms with E-state index < -0.39 is 33.3 Å². The summed E-state index contributed by atoms with van der Waals surface area (Å²) < 4.78 is 40.6. The summed E-state index contributed by atoms with van der Waals surface area (Å²) in [7, 11) is 2.19. The second-order valence-corrected chi connectivity index (χ2v) is 9.73. The molecule has 33 heavy (non-hydrogen) atoms. The SMILES string of the molecule is COc1cc(CNC(=O)CNC(=O)C2(C)CN(S(C)(=O)=O)CC(=O)N2C)cc(OC)c1OC. The molecule has 1 heterocycles. The fourth-order valence-electron chi connectivity index (χ4n) is 3.35. The average molecular weight is 487 g/mol. The van der Waals surface area contributed by atoms with E-state index in [1.807, 2.05) is 0 Å². The molecule has 2 N–H and O–H groups in total. The Kier molecular flexibility index (Phi) is 8.14. The molecule has 3 amide bonds. The molecule has 0 bridgehead atoms. The fourth-order valence-corrected chi connectivity index (χ4v) is 4.18. The molecule has 0 spiro atoms. The number of amides is 3. The lowest BCUT2D eigenvalue weighted by molar-refractivity contribution is -0.150. The van der Waals surface area contributed by atoms with Gasteiger partial charge in [0.1, 0.15) is 5.54 Å². The third-order valence-electron chi connectivity index (χ3n) is 5.49. The van der Waals surface area contributed by atoms with Gasteiger partial charge in [0.05, 0.1) is 40.7 Å². The molecule has 184 valence electrons. The lowest BCUT2D eigenvalue weighted by Crippen LogP contribution is -2.68. The van der Waals surface area contributed by atoms with E-state index in [0.29, 0.717) is 22.8 Å². The summed E-state index contributed by atoms with van der Waals surface area (Å²) in [6.07, 6.45) is 0.973. The Balaban J connectivity index is 2.02. The van der Waals surface area contributed by atoms with Crippen LogP contribution in [0.5, 0.6) is 17.2 Å². The van der Waals surface area contributed by atoms with Crippen LogP contribution in [-0.2, 0) is 31.0 Å². The van der Waals surface area contributed by atoms with Gasteiger partial charge in [-0.2, -0.15) is 4.31 Å². The van der Waals surface area contributed by atoms with E-state index in [1.54, 1.807) is 12.1 Å². The molecule has 13 heteroatoms. The third-order valence-corrected chi connectivity index (χ3v) is 6.69. The molecule has 0 aromatic heterocycles. The molecule has 0 aliphatic carbocycles. The lowest BCUT2D eigenvalue weighted by atomic mass is 9.96. The van der Waals surface area contributed by atoms with Crippen LogP contribution in [0.15, 0.2) is 12.1 Å². The Bertz CT molecular complexity index is 1000. The van der Waals surface area contributed by atoms with Crippen molar-refractivity contribution in [3.05, 3.63) is 17.7 Å². The lowest BCUT2D eigenvalue weighted by Gasteiger charge is -2.44. The van der Waals surface area contributed by atoms with Gasteiger partial charge in [-0.15, -0.1) is 0 Å². The van der Waals surface area contributed by atoms with Gasteiger partial charge in [0.25, 0.3) is 0 Å². The maximum absolute atomic E-state index is 12.8. The molecular weight excluding hydrogens is 456 g/mol. The van der Waals surface area contributed by atoms with Crippen LogP contribution in [0, 0.1) is 0 Å². The summed E-state index contributed by atoms with van der Waals surface area (Å²) in [6, 6.07) is 3.37. The van der Waals surface area contributed by atoms with Gasteiger partial charge in [0.15, 0.2) is 11.5 Å². The van der Waals surface area contributed by atoms with Crippen molar-refractivity contribution in [2.75, 3.05) is 54.3 Å². The molecule has 1 aliphatic heterocycles. The molecular formula is C20H30N4O8S. The van der Waals surface area contributed by atoms with Gasteiger partial charge in [-0.1, -0.05) is 0 Å². The zero-order chi connectivity index (χ0) is 25.0. The van der Waals surface area contributed by atoms with Crippen LogP contribution in [0.2, 0.25) is 0 Å². The molecule has 2 rings (SSSR count). The number of carbonyl (C=O) groups excluding carboxylic acids is 3. The van der Waals surface area contributed by atoms with Gasteiger partial charge in [0.2, 0.25) is 33.5 Å². The standard InChI is InChI=1S/C20H30N4O8S/c1-20(12-24(33(6,28)29)11-17(26)23(20)2)19(27)22-10-16(25)21-9-13-7-14(30-3)18(32-5)15(8-13)31-4/h7-8H,9-12H2,1-6H3,(H,21,25)(H,22,27). The molecule has 1 aromatic rings. The van der Waals surface area contributed by atoms with Gasteiger partial charge in [-0.3, -0.25) is 14.4 Å². The molecule has 0 saturated carbocycles. The molecule has 1 saturated heterocycles. The molecule has 1 unspecified atom stereocenters. The summed E-state index contributed by atoms with van der Waals surface area (Å²) in [4.78, 5) is 38.6. The highest BCUT2D eigenvalue weighted by molar-refractivity contribution is 7.88. The first-order valence-corrected chi connectivity index (χ1v) is 11.8. The maximum Gasteiger partial charge on any atom is 0.247 e. The van der Waals surface area contributed by atoms with Crippen molar-refractivity contribution in [3.63, 3.8) is 0 Å². The predicted molar refractivity (Wildman–Crippen MR) is 119 cm³/mol. The zero-order valence-corrected chi connectivity index (χ0v) is 20.4. The van der Waals surface area contributed by atoms with Gasteiger partial charge in [-0.05, 0) is 24.6 Å². The smallest absolute Gasteiger partial charge is 0.247 e. The number of likely N-dealkylation sites (N-methyl/N-ethyl adjacent to an activating group) is 1. The zero-order valence-electron chi connectivity index (χ0n) is 19.6. The minimum absolute atomic E-state index is 0.128. The van der Waals surface area contributed by atoms with E-state index in [4.69, 9.17) is 14.2 Å². The van der Waals surface area contributed by atoms with Crippen molar-refractivity contribution >= 4 is 27.7 Å². The highest BCUT2D eigenvalue weighted by Crippen LogP contribution is 2.38. The highest BCUT2D eigenvalue weighted by atomic mass is 32.2. The van der Waals surface area contributed by atoms with Gasteiger partial charge in [0, 0.05) is 20.1 Å². The fraction of sp³-hybridized carbons (Fsp3) is 0.550. The highest BCUT2D eigenvalue weighted by Gasteiger charge is 2.47. The minimum Gasteiger partial charge on any atom is -0.493 e. The van der Waals surface area contributed by atoms with E-state index in [0.717, 1.165) is 10.6 Å². The van der Waals surface area contributed by atoms with Crippen molar-refractivity contribution in [3.8, 4) is 17.2 Å². The number of benzene rings is 1. The van der Waals surface area contributed by atoms with E-state index in [1.165, 1.54) is 40.2 Å². The molecule has 1 fully saturated rings. The second-order valence-electron chi connectivity index (χ2n) is 7.75. The Labute approximate surface area is 193 Å². The number of nitrogens with one attached hydrogen (secondary N) is 2. The summed E-state index contributed by atoms with van der Waals surface area (Å²) in [6.45, 7) is 0.661. The predicted octanol–water partition coefficient (Wildman–Crippen LogP) is -1.06. The Morgan fingerprint density at radius 1 is 1.09 bits per heavy atom. The van der Waals surface area contributed by atoms with Gasteiger partial charge in [-0.25, -0.2) is 8.42 Å².